The lowest BCUT2D eigenvalue weighted by Crippen LogP contribution is -2.43. The van der Waals surface area contributed by atoms with Gasteiger partial charge in [0, 0.05) is 12.1 Å². The summed E-state index contributed by atoms with van der Waals surface area (Å²) in [5.74, 6) is -0.578. The van der Waals surface area contributed by atoms with E-state index in [1.54, 1.807) is 11.0 Å². The lowest BCUT2D eigenvalue weighted by Gasteiger charge is -2.28. The molecular formula is C15H19FN2O2S. The number of methoxy groups -OCH3 is 1. The Balaban J connectivity index is 2.26. The Morgan fingerprint density at radius 3 is 2.67 bits per heavy atom. The molecule has 2 N–H and O–H groups in total. The summed E-state index contributed by atoms with van der Waals surface area (Å²) in [6.07, 6.45) is 3.95. The van der Waals surface area contributed by atoms with Gasteiger partial charge in [-0.25, -0.2) is 4.39 Å². The lowest BCUT2D eigenvalue weighted by atomic mass is 10.1. The van der Waals surface area contributed by atoms with E-state index in [9.17, 15) is 9.18 Å². The summed E-state index contributed by atoms with van der Waals surface area (Å²) < 4.78 is 19.0. The predicted molar refractivity (Wildman–Crippen MR) is 83.0 cm³/mol. The van der Waals surface area contributed by atoms with E-state index >= 15 is 0 Å². The molecule has 1 aromatic carbocycles. The van der Waals surface area contributed by atoms with Gasteiger partial charge in [-0.05, 0) is 25.0 Å². The Labute approximate surface area is 129 Å². The van der Waals surface area contributed by atoms with Crippen LogP contribution in [-0.4, -0.2) is 35.5 Å². The number of nitrogens with two attached hydrogens (primary N) is 1. The van der Waals surface area contributed by atoms with E-state index in [1.165, 1.54) is 19.2 Å². The Kier molecular flexibility index (Phi) is 5.12. The van der Waals surface area contributed by atoms with Crippen molar-refractivity contribution < 1.29 is 13.9 Å². The van der Waals surface area contributed by atoms with Gasteiger partial charge < -0.3 is 15.4 Å². The van der Waals surface area contributed by atoms with Crippen molar-refractivity contribution in [1.29, 1.82) is 0 Å². The largest absolute Gasteiger partial charge is 0.497 e. The van der Waals surface area contributed by atoms with Crippen molar-refractivity contribution in [3.8, 4) is 5.75 Å². The van der Waals surface area contributed by atoms with Crippen molar-refractivity contribution in [2.45, 2.75) is 31.7 Å². The van der Waals surface area contributed by atoms with E-state index in [0.717, 1.165) is 25.7 Å². The van der Waals surface area contributed by atoms with E-state index in [-0.39, 0.29) is 29.0 Å². The average molecular weight is 310 g/mol. The number of hydrogen-bond donors (Lipinski definition) is 1. The van der Waals surface area contributed by atoms with Crippen molar-refractivity contribution >= 4 is 23.1 Å². The minimum Gasteiger partial charge on any atom is -0.497 e. The first-order valence-corrected chi connectivity index (χ1v) is 7.36. The van der Waals surface area contributed by atoms with Gasteiger partial charge in [-0.15, -0.1) is 0 Å². The van der Waals surface area contributed by atoms with E-state index in [4.69, 9.17) is 22.7 Å². The Bertz CT molecular complexity index is 544. The average Bonchev–Trinajstić information content (AvgIpc) is 2.97. The number of thiocarbonyl (C=S) groups is 1. The summed E-state index contributed by atoms with van der Waals surface area (Å²) in [6.45, 7) is 0.185. The summed E-state index contributed by atoms with van der Waals surface area (Å²) >= 11 is 4.92. The van der Waals surface area contributed by atoms with Crippen molar-refractivity contribution in [2.75, 3.05) is 13.7 Å². The second kappa shape index (κ2) is 6.85. The number of nitrogens with zero attached hydrogens (tertiary/aromatic N) is 1. The molecule has 1 aliphatic carbocycles. The second-order valence-electron chi connectivity index (χ2n) is 5.18. The molecule has 1 fully saturated rings. The zero-order valence-corrected chi connectivity index (χ0v) is 12.8. The third-order valence-electron chi connectivity index (χ3n) is 3.76. The molecule has 1 aliphatic rings. The number of carbonyl (C=O) groups is 1. The molecule has 0 radical (unpaired) electrons. The number of benzene rings is 1. The molecule has 0 saturated heterocycles. The highest BCUT2D eigenvalue weighted by Crippen LogP contribution is 2.26. The fraction of sp³-hybridized carbons (Fsp3) is 0.467. The molecule has 0 unspecified atom stereocenters. The quantitative estimate of drug-likeness (QED) is 0.849. The molecule has 4 nitrogen and oxygen atoms in total. The minimum atomic E-state index is -0.592. The molecule has 1 saturated carbocycles. The van der Waals surface area contributed by atoms with Gasteiger partial charge in [0.2, 0.25) is 0 Å². The summed E-state index contributed by atoms with van der Waals surface area (Å²) in [7, 11) is 1.45. The standard InChI is InChI=1S/C15H19FN2O2S/c1-20-11-6-7-12(13(16)8-11)15(19)18(9-14(17)21)10-4-2-3-5-10/h6-8,10H,2-5,9H2,1H3,(H2,17,21). The van der Waals surface area contributed by atoms with E-state index < -0.39 is 5.82 Å². The maximum Gasteiger partial charge on any atom is 0.257 e. The summed E-state index contributed by atoms with van der Waals surface area (Å²) in [4.78, 5) is 14.5. The molecule has 0 bridgehead atoms. The molecule has 0 aliphatic heterocycles. The van der Waals surface area contributed by atoms with Gasteiger partial charge in [-0.1, -0.05) is 25.1 Å². The third kappa shape index (κ3) is 3.69. The fourth-order valence-electron chi connectivity index (χ4n) is 2.70. The van der Waals surface area contributed by atoms with Crippen LogP contribution in [0.1, 0.15) is 36.0 Å². The van der Waals surface area contributed by atoms with Crippen molar-refractivity contribution in [1.82, 2.24) is 4.90 Å². The van der Waals surface area contributed by atoms with E-state index in [2.05, 4.69) is 0 Å². The highest BCUT2D eigenvalue weighted by atomic mass is 32.1. The number of amides is 1. The number of ether oxygens (including phenoxy) is 1. The van der Waals surface area contributed by atoms with E-state index in [0.29, 0.717) is 5.75 Å². The maximum atomic E-state index is 14.1. The van der Waals surface area contributed by atoms with Crippen LogP contribution < -0.4 is 10.5 Å². The molecule has 1 amide bonds. The molecule has 21 heavy (non-hydrogen) atoms. The SMILES string of the molecule is COc1ccc(C(=O)N(CC(N)=S)C2CCCC2)c(F)c1. The van der Waals surface area contributed by atoms with Crippen LogP contribution in [0.5, 0.6) is 5.75 Å². The Morgan fingerprint density at radius 2 is 2.14 bits per heavy atom. The summed E-state index contributed by atoms with van der Waals surface area (Å²) in [6, 6.07) is 4.31. The first kappa shape index (κ1) is 15.7. The topological polar surface area (TPSA) is 55.6 Å². The lowest BCUT2D eigenvalue weighted by molar-refractivity contribution is 0.0710. The van der Waals surface area contributed by atoms with Crippen LogP contribution in [0, 0.1) is 5.82 Å². The summed E-state index contributed by atoms with van der Waals surface area (Å²) in [5, 5.41) is 0. The van der Waals surface area contributed by atoms with Crippen LogP contribution in [0.4, 0.5) is 4.39 Å². The van der Waals surface area contributed by atoms with Crippen molar-refractivity contribution in [3.05, 3.63) is 29.6 Å². The Hall–Kier alpha value is -1.69. The van der Waals surface area contributed by atoms with Gasteiger partial charge in [0.1, 0.15) is 11.6 Å². The zero-order valence-electron chi connectivity index (χ0n) is 12.0. The highest BCUT2D eigenvalue weighted by molar-refractivity contribution is 7.80. The van der Waals surface area contributed by atoms with Gasteiger partial charge in [0.05, 0.1) is 24.2 Å². The molecule has 0 spiro atoms. The van der Waals surface area contributed by atoms with Crippen LogP contribution in [-0.2, 0) is 0 Å². The van der Waals surface area contributed by atoms with Gasteiger partial charge >= 0.3 is 0 Å². The molecule has 0 heterocycles. The molecule has 114 valence electrons. The van der Waals surface area contributed by atoms with Crippen LogP contribution in [0.15, 0.2) is 18.2 Å². The number of carbonyl (C=O) groups excluding carboxylic acids is 1. The van der Waals surface area contributed by atoms with Crippen molar-refractivity contribution in [2.24, 2.45) is 5.73 Å². The Morgan fingerprint density at radius 1 is 1.48 bits per heavy atom. The molecule has 0 aromatic heterocycles. The first-order valence-electron chi connectivity index (χ1n) is 6.95. The fourth-order valence-corrected chi connectivity index (χ4v) is 2.84. The third-order valence-corrected chi connectivity index (χ3v) is 3.89. The monoisotopic (exact) mass is 310 g/mol. The van der Waals surface area contributed by atoms with Crippen molar-refractivity contribution in [3.63, 3.8) is 0 Å². The zero-order chi connectivity index (χ0) is 15.4. The minimum absolute atomic E-state index is 0.0268. The molecule has 0 atom stereocenters. The number of rotatable bonds is 5. The van der Waals surface area contributed by atoms with Gasteiger partial charge in [-0.2, -0.15) is 0 Å². The van der Waals surface area contributed by atoms with Crippen LogP contribution >= 0.6 is 12.2 Å². The molecular weight excluding hydrogens is 291 g/mol. The molecule has 6 heteroatoms. The highest BCUT2D eigenvalue weighted by Gasteiger charge is 2.29. The van der Waals surface area contributed by atoms with Gasteiger partial charge in [0.25, 0.3) is 5.91 Å². The second-order valence-corrected chi connectivity index (χ2v) is 5.71. The van der Waals surface area contributed by atoms with Gasteiger partial charge in [0.15, 0.2) is 0 Å². The number of hydrogen-bond acceptors (Lipinski definition) is 3. The van der Waals surface area contributed by atoms with Crippen LogP contribution in [0.25, 0.3) is 0 Å². The van der Waals surface area contributed by atoms with E-state index in [1.807, 2.05) is 0 Å². The van der Waals surface area contributed by atoms with Gasteiger partial charge in [-0.3, -0.25) is 4.79 Å². The maximum absolute atomic E-state index is 14.1. The molecule has 1 aromatic rings. The van der Waals surface area contributed by atoms with Crippen LogP contribution in [0.3, 0.4) is 0 Å². The number of halogens is 1. The first-order chi connectivity index (χ1) is 10.0. The predicted octanol–water partition coefficient (Wildman–Crippen LogP) is 2.51. The molecule has 2 rings (SSSR count). The smallest absolute Gasteiger partial charge is 0.257 e. The van der Waals surface area contributed by atoms with Crippen LogP contribution in [0.2, 0.25) is 0 Å². The summed E-state index contributed by atoms with van der Waals surface area (Å²) in [5.41, 5.74) is 5.61. The normalized spacial score (nSPS) is 15.0.